The second kappa shape index (κ2) is 9.64. The van der Waals surface area contributed by atoms with E-state index >= 15 is 0 Å². The molecular formula is C28H33N5O2. The van der Waals surface area contributed by atoms with Gasteiger partial charge in [-0.3, -0.25) is 9.78 Å². The predicted molar refractivity (Wildman–Crippen MR) is 135 cm³/mol. The van der Waals surface area contributed by atoms with E-state index in [2.05, 4.69) is 82.7 Å². The molecular weight excluding hydrogens is 438 g/mol. The fraction of sp³-hybridized carbons (Fsp3) is 0.429. The van der Waals surface area contributed by atoms with Crippen molar-refractivity contribution in [2.24, 2.45) is 0 Å². The molecule has 1 atom stereocenters. The number of carbonyl (C=O) groups excluding carboxylic acids is 1. The zero-order chi connectivity index (χ0) is 24.4. The van der Waals surface area contributed by atoms with Gasteiger partial charge in [0.1, 0.15) is 0 Å². The van der Waals surface area contributed by atoms with Crippen molar-refractivity contribution in [3.05, 3.63) is 77.3 Å². The third kappa shape index (κ3) is 4.99. The van der Waals surface area contributed by atoms with Gasteiger partial charge in [-0.05, 0) is 79.6 Å². The van der Waals surface area contributed by atoms with Crippen molar-refractivity contribution in [3.63, 3.8) is 0 Å². The lowest BCUT2D eigenvalue weighted by atomic mass is 9.86. The number of hydrogen-bond donors (Lipinski definition) is 1. The highest BCUT2D eigenvalue weighted by Crippen LogP contribution is 2.45. The number of rotatable bonds is 7. The summed E-state index contributed by atoms with van der Waals surface area (Å²) in [5, 5.41) is 6.91. The van der Waals surface area contributed by atoms with E-state index in [9.17, 15) is 4.79 Å². The summed E-state index contributed by atoms with van der Waals surface area (Å²) < 4.78 is 5.20. The van der Waals surface area contributed by atoms with Crippen LogP contribution in [-0.4, -0.2) is 39.0 Å². The molecule has 1 N–H and O–H groups in total. The lowest BCUT2D eigenvalue weighted by molar-refractivity contribution is 0.0907. The van der Waals surface area contributed by atoms with E-state index in [0.717, 1.165) is 37.1 Å². The zero-order valence-corrected chi connectivity index (χ0v) is 20.8. The van der Waals surface area contributed by atoms with Crippen LogP contribution in [0.5, 0.6) is 0 Å². The minimum atomic E-state index is -0.337. The van der Waals surface area contributed by atoms with E-state index in [4.69, 9.17) is 4.52 Å². The van der Waals surface area contributed by atoms with Crippen molar-refractivity contribution in [2.45, 2.75) is 64.3 Å². The van der Waals surface area contributed by atoms with E-state index in [1.54, 1.807) is 0 Å². The fourth-order valence-corrected chi connectivity index (χ4v) is 4.89. The number of aromatic nitrogens is 3. The van der Waals surface area contributed by atoms with Gasteiger partial charge in [0, 0.05) is 43.4 Å². The molecule has 1 aliphatic carbocycles. The van der Waals surface area contributed by atoms with Crippen molar-refractivity contribution in [1.29, 1.82) is 0 Å². The van der Waals surface area contributed by atoms with Gasteiger partial charge in [0.15, 0.2) is 5.82 Å². The number of piperidine rings is 1. The van der Waals surface area contributed by atoms with Gasteiger partial charge in [0.05, 0.1) is 0 Å². The van der Waals surface area contributed by atoms with Crippen LogP contribution < -0.4 is 5.32 Å². The Kier molecular flexibility index (Phi) is 6.41. The summed E-state index contributed by atoms with van der Waals surface area (Å²) >= 11 is 0. The van der Waals surface area contributed by atoms with Crippen LogP contribution in [0.3, 0.4) is 0 Å². The van der Waals surface area contributed by atoms with Gasteiger partial charge in [0.2, 0.25) is 0 Å². The van der Waals surface area contributed by atoms with Gasteiger partial charge < -0.3 is 14.7 Å². The Hall–Kier alpha value is -3.48. The number of aryl methyl sites for hydroxylation is 1. The smallest absolute Gasteiger partial charge is 0.315 e. The number of pyridine rings is 1. The van der Waals surface area contributed by atoms with Gasteiger partial charge in [-0.15, -0.1) is 0 Å². The van der Waals surface area contributed by atoms with Crippen LogP contribution in [-0.2, 0) is 12.0 Å². The molecule has 0 radical (unpaired) electrons. The first kappa shape index (κ1) is 23.3. The highest BCUT2D eigenvalue weighted by Gasteiger charge is 2.44. The maximum Gasteiger partial charge on any atom is 0.315 e. The monoisotopic (exact) mass is 471 g/mol. The summed E-state index contributed by atoms with van der Waals surface area (Å²) in [6.07, 6.45) is 12.6. The van der Waals surface area contributed by atoms with E-state index in [-0.39, 0.29) is 17.2 Å². The Morgan fingerprint density at radius 1 is 1.31 bits per heavy atom. The third-order valence-corrected chi connectivity index (χ3v) is 7.36. The van der Waals surface area contributed by atoms with Gasteiger partial charge >= 0.3 is 11.8 Å². The molecule has 2 aromatic heterocycles. The number of likely N-dealkylation sites (tertiary alicyclic amines) is 1. The second-order valence-electron chi connectivity index (χ2n) is 10.1. The largest absolute Gasteiger partial charge is 0.377 e. The summed E-state index contributed by atoms with van der Waals surface area (Å²) in [6, 6.07) is 8.55. The molecule has 2 aliphatic rings. The topological polar surface area (TPSA) is 84.2 Å². The van der Waals surface area contributed by atoms with Crippen LogP contribution >= 0.6 is 0 Å². The Morgan fingerprint density at radius 3 is 2.94 bits per heavy atom. The fourth-order valence-electron chi connectivity index (χ4n) is 4.89. The van der Waals surface area contributed by atoms with Crippen molar-refractivity contribution in [1.82, 2.24) is 25.3 Å². The number of allylic oxidation sites excluding steroid dienone is 1. The van der Waals surface area contributed by atoms with Crippen LogP contribution in [0.4, 0.5) is 0 Å². The molecule has 35 heavy (non-hydrogen) atoms. The van der Waals surface area contributed by atoms with Gasteiger partial charge in [-0.2, -0.15) is 4.98 Å². The first-order chi connectivity index (χ1) is 17.0. The molecule has 0 spiro atoms. The molecule has 7 heteroatoms. The Labute approximate surface area is 206 Å². The molecule has 3 aromatic rings. The summed E-state index contributed by atoms with van der Waals surface area (Å²) in [5.41, 5.74) is 5.88. The quantitative estimate of drug-likeness (QED) is 0.514. The molecule has 182 valence electrons. The van der Waals surface area contributed by atoms with E-state index < -0.39 is 0 Å². The lowest BCUT2D eigenvalue weighted by Gasteiger charge is -2.33. The average Bonchev–Trinajstić information content (AvgIpc) is 3.41. The highest BCUT2D eigenvalue weighted by molar-refractivity contribution is 5.89. The zero-order valence-electron chi connectivity index (χ0n) is 20.8. The van der Waals surface area contributed by atoms with Crippen molar-refractivity contribution >= 4 is 5.91 Å². The minimum Gasteiger partial charge on any atom is -0.377 e. The molecule has 1 saturated heterocycles. The molecule has 7 nitrogen and oxygen atoms in total. The molecule has 0 bridgehead atoms. The number of nitrogens with one attached hydrogen (secondary N) is 1. The van der Waals surface area contributed by atoms with Crippen LogP contribution in [0.1, 0.15) is 78.6 Å². The number of carbonyl (C=O) groups is 1. The number of nitrogens with zero attached hydrogens (tertiary/aromatic N) is 4. The first-order valence-electron chi connectivity index (χ1n) is 12.5. The normalized spacial score (nSPS) is 19.2. The molecule has 0 unspecified atom stereocenters. The van der Waals surface area contributed by atoms with Gasteiger partial charge in [0.25, 0.3) is 0 Å². The molecule has 1 aromatic carbocycles. The maximum atomic E-state index is 12.5. The van der Waals surface area contributed by atoms with E-state index in [1.807, 2.05) is 12.4 Å². The standard InChI is InChI=1S/C28H33N5O2/c1-4-13-33-14-5-6-22(18-33)24-17-29-12-9-23(24)20-7-8-21(19(2)15-20)16-30-25(34)26-31-27(32-35-26)28(3)10-11-28/h4,7-9,12-13,15,17,22H,5-6,10-11,14,16,18H2,1-3H3,(H,30,34)/t22-/m1/s1. The van der Waals surface area contributed by atoms with Crippen LogP contribution in [0, 0.1) is 6.92 Å². The number of hydrogen-bond acceptors (Lipinski definition) is 6. The molecule has 1 saturated carbocycles. The molecule has 1 aliphatic heterocycles. The summed E-state index contributed by atoms with van der Waals surface area (Å²) in [6.45, 7) is 8.77. The molecule has 1 amide bonds. The van der Waals surface area contributed by atoms with E-state index in [1.165, 1.54) is 29.5 Å². The lowest BCUT2D eigenvalue weighted by Crippen LogP contribution is -2.30. The van der Waals surface area contributed by atoms with Crippen LogP contribution in [0.25, 0.3) is 11.1 Å². The number of amides is 1. The SMILES string of the molecule is CC=CN1CCC[C@@H](c2cnccc2-c2ccc(CNC(=O)c3nc(C4(C)CC4)no3)c(C)c2)C1. The van der Waals surface area contributed by atoms with E-state index in [0.29, 0.717) is 18.3 Å². The Balaban J connectivity index is 1.29. The van der Waals surface area contributed by atoms with Crippen molar-refractivity contribution in [2.75, 3.05) is 13.1 Å². The van der Waals surface area contributed by atoms with Crippen molar-refractivity contribution in [3.8, 4) is 11.1 Å². The van der Waals surface area contributed by atoms with Crippen LogP contribution in [0.2, 0.25) is 0 Å². The number of benzene rings is 1. The van der Waals surface area contributed by atoms with Gasteiger partial charge in [-0.25, -0.2) is 0 Å². The highest BCUT2D eigenvalue weighted by atomic mass is 16.5. The molecule has 5 rings (SSSR count). The summed E-state index contributed by atoms with van der Waals surface area (Å²) in [5.74, 6) is 0.780. The summed E-state index contributed by atoms with van der Waals surface area (Å²) in [7, 11) is 0. The Morgan fingerprint density at radius 2 is 2.17 bits per heavy atom. The average molecular weight is 472 g/mol. The minimum absolute atomic E-state index is 0.0249. The second-order valence-corrected chi connectivity index (χ2v) is 10.1. The first-order valence-corrected chi connectivity index (χ1v) is 12.5. The van der Waals surface area contributed by atoms with Crippen LogP contribution in [0.15, 0.2) is 53.5 Å². The van der Waals surface area contributed by atoms with Crippen molar-refractivity contribution < 1.29 is 9.32 Å². The summed E-state index contributed by atoms with van der Waals surface area (Å²) in [4.78, 5) is 23.7. The molecule has 3 heterocycles. The third-order valence-electron chi connectivity index (χ3n) is 7.36. The van der Waals surface area contributed by atoms with Gasteiger partial charge in [-0.1, -0.05) is 36.4 Å². The maximum absolute atomic E-state index is 12.5. The Bertz CT molecular complexity index is 1240. The predicted octanol–water partition coefficient (Wildman–Crippen LogP) is 5.13. The molecule has 2 fully saturated rings.